The minimum absolute atomic E-state index is 0.207. The molecule has 0 atom stereocenters. The van der Waals surface area contributed by atoms with Gasteiger partial charge in [0, 0.05) is 17.2 Å². The smallest absolute Gasteiger partial charge is 0.161 e. The van der Waals surface area contributed by atoms with Crippen LogP contribution in [0.3, 0.4) is 0 Å². The third kappa shape index (κ3) is 2.24. The lowest BCUT2D eigenvalue weighted by Gasteiger charge is -2.04. The Hall–Kier alpha value is -1.61. The lowest BCUT2D eigenvalue weighted by Crippen LogP contribution is -1.94. The number of phenols is 1. The Morgan fingerprint density at radius 2 is 2.00 bits per heavy atom. The van der Waals surface area contributed by atoms with Crippen LogP contribution in [0.5, 0.6) is 5.75 Å². The van der Waals surface area contributed by atoms with Gasteiger partial charge in [-0.05, 0) is 31.0 Å². The molecule has 0 amide bonds. The van der Waals surface area contributed by atoms with E-state index in [1.807, 2.05) is 12.1 Å². The lowest BCUT2D eigenvalue weighted by atomic mass is 10.2. The van der Waals surface area contributed by atoms with Gasteiger partial charge in [0.15, 0.2) is 5.82 Å². The van der Waals surface area contributed by atoms with Crippen LogP contribution >= 0.6 is 11.6 Å². The number of rotatable bonds is 2. The predicted octanol–water partition coefficient (Wildman–Crippen LogP) is 3.38. The van der Waals surface area contributed by atoms with E-state index in [0.29, 0.717) is 16.9 Å². The fourth-order valence-corrected chi connectivity index (χ4v) is 1.99. The molecule has 3 rings (SSSR count). The highest BCUT2D eigenvalue weighted by molar-refractivity contribution is 6.29. The fourth-order valence-electron chi connectivity index (χ4n) is 1.80. The van der Waals surface area contributed by atoms with Crippen molar-refractivity contribution in [2.45, 2.75) is 18.8 Å². The summed E-state index contributed by atoms with van der Waals surface area (Å²) in [5, 5.41) is 9.90. The van der Waals surface area contributed by atoms with E-state index in [-0.39, 0.29) is 5.75 Å². The number of phenolic OH excluding ortho intramolecular Hbond substituents is 1. The van der Waals surface area contributed by atoms with Crippen LogP contribution in [-0.2, 0) is 0 Å². The minimum Gasteiger partial charge on any atom is -0.508 e. The first kappa shape index (κ1) is 10.5. The van der Waals surface area contributed by atoms with Crippen molar-refractivity contribution in [1.82, 2.24) is 9.97 Å². The van der Waals surface area contributed by atoms with Crippen molar-refractivity contribution in [2.75, 3.05) is 0 Å². The van der Waals surface area contributed by atoms with Gasteiger partial charge in [0.05, 0.1) is 0 Å². The van der Waals surface area contributed by atoms with E-state index in [9.17, 15) is 5.11 Å². The van der Waals surface area contributed by atoms with Crippen LogP contribution in [-0.4, -0.2) is 15.1 Å². The molecule has 1 aliphatic rings. The van der Waals surface area contributed by atoms with Crippen LogP contribution < -0.4 is 0 Å². The summed E-state index contributed by atoms with van der Waals surface area (Å²) in [6.45, 7) is 0. The van der Waals surface area contributed by atoms with Crippen molar-refractivity contribution in [3.05, 3.63) is 41.2 Å². The molecule has 1 heterocycles. The highest BCUT2D eigenvalue weighted by Gasteiger charge is 2.26. The molecule has 86 valence electrons. The average molecular weight is 247 g/mol. The van der Waals surface area contributed by atoms with E-state index in [1.165, 1.54) is 12.8 Å². The van der Waals surface area contributed by atoms with Crippen molar-refractivity contribution in [3.8, 4) is 17.1 Å². The molecule has 0 radical (unpaired) electrons. The van der Waals surface area contributed by atoms with Crippen LogP contribution in [0.15, 0.2) is 30.3 Å². The highest BCUT2D eigenvalue weighted by atomic mass is 35.5. The summed E-state index contributed by atoms with van der Waals surface area (Å²) in [6.07, 6.45) is 2.35. The maximum atomic E-state index is 9.45. The molecule has 3 nitrogen and oxygen atoms in total. The van der Waals surface area contributed by atoms with Crippen LogP contribution in [0.1, 0.15) is 24.5 Å². The monoisotopic (exact) mass is 246 g/mol. The van der Waals surface area contributed by atoms with Crippen molar-refractivity contribution < 1.29 is 5.11 Å². The van der Waals surface area contributed by atoms with Gasteiger partial charge in [-0.15, -0.1) is 0 Å². The number of aromatic hydroxyl groups is 1. The van der Waals surface area contributed by atoms with Gasteiger partial charge in [-0.2, -0.15) is 0 Å². The molecule has 1 aromatic carbocycles. The molecule has 0 saturated heterocycles. The Morgan fingerprint density at radius 1 is 1.18 bits per heavy atom. The second-order valence-electron chi connectivity index (χ2n) is 4.26. The van der Waals surface area contributed by atoms with Crippen molar-refractivity contribution in [3.63, 3.8) is 0 Å². The van der Waals surface area contributed by atoms with Crippen LogP contribution in [0.2, 0.25) is 5.15 Å². The SMILES string of the molecule is Oc1cccc(-c2nc(Cl)cc(C3CC3)n2)c1. The van der Waals surface area contributed by atoms with Crippen molar-refractivity contribution >= 4 is 11.6 Å². The Labute approximate surface area is 104 Å². The first-order valence-electron chi connectivity index (χ1n) is 5.56. The number of hydrogen-bond acceptors (Lipinski definition) is 3. The van der Waals surface area contributed by atoms with Gasteiger partial charge in [0.2, 0.25) is 0 Å². The molecular weight excluding hydrogens is 236 g/mol. The summed E-state index contributed by atoms with van der Waals surface area (Å²) in [4.78, 5) is 8.70. The maximum absolute atomic E-state index is 9.45. The molecule has 1 aliphatic carbocycles. The number of aromatic nitrogens is 2. The van der Waals surface area contributed by atoms with E-state index < -0.39 is 0 Å². The summed E-state index contributed by atoms with van der Waals surface area (Å²) in [5.74, 6) is 1.32. The molecule has 0 bridgehead atoms. The van der Waals surface area contributed by atoms with E-state index in [2.05, 4.69) is 9.97 Å². The van der Waals surface area contributed by atoms with Gasteiger partial charge in [0.1, 0.15) is 10.9 Å². The summed E-state index contributed by atoms with van der Waals surface area (Å²) in [5.41, 5.74) is 1.79. The van der Waals surface area contributed by atoms with E-state index in [0.717, 1.165) is 11.3 Å². The van der Waals surface area contributed by atoms with Gasteiger partial charge in [-0.1, -0.05) is 23.7 Å². The van der Waals surface area contributed by atoms with E-state index in [4.69, 9.17) is 11.6 Å². The van der Waals surface area contributed by atoms with Crippen LogP contribution in [0.25, 0.3) is 11.4 Å². The fraction of sp³-hybridized carbons (Fsp3) is 0.231. The first-order valence-corrected chi connectivity index (χ1v) is 5.94. The average Bonchev–Trinajstić information content (AvgIpc) is 3.12. The normalized spacial score (nSPS) is 14.9. The largest absolute Gasteiger partial charge is 0.508 e. The molecule has 2 aromatic rings. The summed E-state index contributed by atoms with van der Waals surface area (Å²) >= 11 is 6.00. The highest BCUT2D eigenvalue weighted by Crippen LogP contribution is 2.40. The minimum atomic E-state index is 0.207. The molecule has 0 spiro atoms. The summed E-state index contributed by atoms with van der Waals surface area (Å²) in [7, 11) is 0. The third-order valence-electron chi connectivity index (χ3n) is 2.81. The predicted molar refractivity (Wildman–Crippen MR) is 66.1 cm³/mol. The second-order valence-corrected chi connectivity index (χ2v) is 4.65. The Kier molecular flexibility index (Phi) is 2.48. The van der Waals surface area contributed by atoms with E-state index in [1.54, 1.807) is 18.2 Å². The molecular formula is C13H11ClN2O. The third-order valence-corrected chi connectivity index (χ3v) is 3.01. The van der Waals surface area contributed by atoms with Gasteiger partial charge in [-0.25, -0.2) is 9.97 Å². The van der Waals surface area contributed by atoms with Gasteiger partial charge in [-0.3, -0.25) is 0 Å². The summed E-state index contributed by atoms with van der Waals surface area (Å²) in [6, 6.07) is 8.72. The zero-order valence-electron chi connectivity index (χ0n) is 9.10. The molecule has 17 heavy (non-hydrogen) atoms. The number of hydrogen-bond donors (Lipinski definition) is 1. The van der Waals surface area contributed by atoms with Crippen LogP contribution in [0.4, 0.5) is 0 Å². The van der Waals surface area contributed by atoms with Crippen molar-refractivity contribution in [2.24, 2.45) is 0 Å². The number of halogens is 1. The standard InChI is InChI=1S/C13H11ClN2O/c14-12-7-11(8-4-5-8)15-13(16-12)9-2-1-3-10(17)6-9/h1-3,6-8,17H,4-5H2. The zero-order valence-corrected chi connectivity index (χ0v) is 9.85. The quantitative estimate of drug-likeness (QED) is 0.827. The van der Waals surface area contributed by atoms with Gasteiger partial charge >= 0.3 is 0 Å². The molecule has 1 aromatic heterocycles. The Bertz CT molecular complexity index is 567. The summed E-state index contributed by atoms with van der Waals surface area (Å²) < 4.78 is 0. The molecule has 0 unspecified atom stereocenters. The molecule has 0 aliphatic heterocycles. The molecule has 1 saturated carbocycles. The molecule has 1 N–H and O–H groups in total. The number of benzene rings is 1. The molecule has 1 fully saturated rings. The first-order chi connectivity index (χ1) is 8.22. The Morgan fingerprint density at radius 3 is 2.71 bits per heavy atom. The topological polar surface area (TPSA) is 46.0 Å². The van der Waals surface area contributed by atoms with E-state index >= 15 is 0 Å². The van der Waals surface area contributed by atoms with Crippen molar-refractivity contribution in [1.29, 1.82) is 0 Å². The lowest BCUT2D eigenvalue weighted by molar-refractivity contribution is 0.475. The maximum Gasteiger partial charge on any atom is 0.161 e. The second kappa shape index (κ2) is 4.00. The van der Waals surface area contributed by atoms with Gasteiger partial charge < -0.3 is 5.11 Å². The molecule has 4 heteroatoms. The Balaban J connectivity index is 2.07. The van der Waals surface area contributed by atoms with Crippen LogP contribution in [0, 0.1) is 0 Å². The van der Waals surface area contributed by atoms with Gasteiger partial charge in [0.25, 0.3) is 0 Å². The number of nitrogens with zero attached hydrogens (tertiary/aromatic N) is 2. The zero-order chi connectivity index (χ0) is 11.8.